The lowest BCUT2D eigenvalue weighted by atomic mass is 9.75. The highest BCUT2D eigenvalue weighted by molar-refractivity contribution is 5.08. The highest BCUT2D eigenvalue weighted by atomic mass is 16.5. The van der Waals surface area contributed by atoms with E-state index in [0.717, 1.165) is 6.54 Å². The minimum Gasteiger partial charge on any atom is -0.369 e. The molecule has 0 radical (unpaired) electrons. The Balaban J connectivity index is 2.19. The van der Waals surface area contributed by atoms with E-state index in [1.165, 1.54) is 19.3 Å². The Bertz CT molecular complexity index is 291. The van der Waals surface area contributed by atoms with E-state index >= 15 is 0 Å². The summed E-state index contributed by atoms with van der Waals surface area (Å²) in [4.78, 5) is 0. The third kappa shape index (κ3) is 2.53. The molecule has 2 unspecified atom stereocenters. The molecule has 2 heteroatoms. The van der Waals surface area contributed by atoms with Crippen molar-refractivity contribution >= 4 is 0 Å². The summed E-state index contributed by atoms with van der Waals surface area (Å²) in [7, 11) is 0. The first kappa shape index (κ1) is 13.4. The standard InChI is InChI=1S/C15H29NO/c1-7-16-12(15(6)8-9-15)11-10-13(2,3)17-14(11,4)5/h11-12,16H,7-10H2,1-6H3. The fourth-order valence-electron chi connectivity index (χ4n) is 3.73. The van der Waals surface area contributed by atoms with Crippen LogP contribution in [0, 0.1) is 11.3 Å². The molecule has 1 saturated heterocycles. The van der Waals surface area contributed by atoms with Gasteiger partial charge < -0.3 is 10.1 Å². The van der Waals surface area contributed by atoms with Gasteiger partial charge in [0, 0.05) is 12.0 Å². The van der Waals surface area contributed by atoms with Crippen molar-refractivity contribution in [3.8, 4) is 0 Å². The van der Waals surface area contributed by atoms with E-state index in [1.54, 1.807) is 0 Å². The predicted octanol–water partition coefficient (Wildman–Crippen LogP) is 3.36. The van der Waals surface area contributed by atoms with Crippen molar-refractivity contribution in [2.75, 3.05) is 6.54 Å². The Hall–Kier alpha value is -0.0800. The van der Waals surface area contributed by atoms with Crippen LogP contribution in [0.25, 0.3) is 0 Å². The molecule has 1 N–H and O–H groups in total. The van der Waals surface area contributed by atoms with E-state index in [1.807, 2.05) is 0 Å². The normalized spacial score (nSPS) is 34.6. The third-order valence-corrected chi connectivity index (χ3v) is 4.76. The zero-order chi connectivity index (χ0) is 12.9. The highest BCUT2D eigenvalue weighted by Crippen LogP contribution is 2.55. The molecule has 2 nitrogen and oxygen atoms in total. The van der Waals surface area contributed by atoms with Crippen LogP contribution in [-0.2, 0) is 4.74 Å². The molecular formula is C15H29NO. The molecule has 2 rings (SSSR count). The van der Waals surface area contributed by atoms with Gasteiger partial charge in [-0.05, 0) is 58.9 Å². The average molecular weight is 239 g/mol. The van der Waals surface area contributed by atoms with Gasteiger partial charge in [0.2, 0.25) is 0 Å². The Kier molecular flexibility index (Phi) is 3.11. The minimum absolute atomic E-state index is 0.00192. The second-order valence-corrected chi connectivity index (χ2v) is 7.47. The fraction of sp³-hybridized carbons (Fsp3) is 1.00. The maximum absolute atomic E-state index is 6.26. The van der Waals surface area contributed by atoms with E-state index in [0.29, 0.717) is 17.4 Å². The summed E-state index contributed by atoms with van der Waals surface area (Å²) in [5.41, 5.74) is 0.552. The van der Waals surface area contributed by atoms with Crippen molar-refractivity contribution in [3.05, 3.63) is 0 Å². The number of nitrogens with one attached hydrogen (secondary N) is 1. The molecule has 0 aromatic carbocycles. The van der Waals surface area contributed by atoms with Gasteiger partial charge in [0.15, 0.2) is 0 Å². The third-order valence-electron chi connectivity index (χ3n) is 4.76. The summed E-state index contributed by atoms with van der Waals surface area (Å²) in [6.07, 6.45) is 3.92. The molecule has 1 saturated carbocycles. The van der Waals surface area contributed by atoms with E-state index < -0.39 is 0 Å². The summed E-state index contributed by atoms with van der Waals surface area (Å²) in [5.74, 6) is 0.630. The Labute approximate surface area is 107 Å². The van der Waals surface area contributed by atoms with Gasteiger partial charge in [-0.3, -0.25) is 0 Å². The molecule has 0 aromatic heterocycles. The molecule has 2 aliphatic rings. The maximum atomic E-state index is 6.26. The Morgan fingerprint density at radius 2 is 1.76 bits per heavy atom. The zero-order valence-corrected chi connectivity index (χ0v) is 12.4. The molecule has 2 fully saturated rings. The molecule has 1 aliphatic carbocycles. The van der Waals surface area contributed by atoms with Gasteiger partial charge in [-0.25, -0.2) is 0 Å². The van der Waals surface area contributed by atoms with Gasteiger partial charge in [0.25, 0.3) is 0 Å². The van der Waals surface area contributed by atoms with E-state index in [-0.39, 0.29) is 11.2 Å². The van der Waals surface area contributed by atoms with Crippen LogP contribution < -0.4 is 5.32 Å². The number of ether oxygens (including phenoxy) is 1. The summed E-state index contributed by atoms with van der Waals surface area (Å²) in [5, 5.41) is 3.74. The van der Waals surface area contributed by atoms with Crippen LogP contribution in [0.1, 0.15) is 60.8 Å². The first-order chi connectivity index (χ1) is 7.70. The molecular weight excluding hydrogens is 210 g/mol. The van der Waals surface area contributed by atoms with E-state index in [4.69, 9.17) is 4.74 Å². The largest absolute Gasteiger partial charge is 0.369 e. The number of hydrogen-bond donors (Lipinski definition) is 1. The molecule has 0 amide bonds. The Morgan fingerprint density at radius 1 is 1.18 bits per heavy atom. The fourth-order valence-corrected chi connectivity index (χ4v) is 3.73. The van der Waals surface area contributed by atoms with Gasteiger partial charge in [-0.1, -0.05) is 13.8 Å². The van der Waals surface area contributed by atoms with Crippen LogP contribution in [0.3, 0.4) is 0 Å². The van der Waals surface area contributed by atoms with Crippen molar-refractivity contribution in [1.29, 1.82) is 0 Å². The molecule has 2 atom stereocenters. The number of hydrogen-bond acceptors (Lipinski definition) is 2. The van der Waals surface area contributed by atoms with Gasteiger partial charge in [0.05, 0.1) is 11.2 Å². The van der Waals surface area contributed by atoms with E-state index in [2.05, 4.69) is 46.9 Å². The lowest BCUT2D eigenvalue weighted by molar-refractivity contribution is -0.0799. The second kappa shape index (κ2) is 3.96. The second-order valence-electron chi connectivity index (χ2n) is 7.47. The first-order valence-corrected chi connectivity index (χ1v) is 7.14. The highest BCUT2D eigenvalue weighted by Gasteiger charge is 2.56. The quantitative estimate of drug-likeness (QED) is 0.812. The molecule has 0 spiro atoms. The lowest BCUT2D eigenvalue weighted by Gasteiger charge is -2.37. The van der Waals surface area contributed by atoms with Gasteiger partial charge in [-0.2, -0.15) is 0 Å². The topological polar surface area (TPSA) is 21.3 Å². The van der Waals surface area contributed by atoms with Gasteiger partial charge in [-0.15, -0.1) is 0 Å². The summed E-state index contributed by atoms with van der Waals surface area (Å²) >= 11 is 0. The van der Waals surface area contributed by atoms with Crippen LogP contribution >= 0.6 is 0 Å². The summed E-state index contributed by atoms with van der Waals surface area (Å²) in [6, 6.07) is 0.615. The van der Waals surface area contributed by atoms with Crippen LogP contribution in [-0.4, -0.2) is 23.8 Å². The van der Waals surface area contributed by atoms with E-state index in [9.17, 15) is 0 Å². The average Bonchev–Trinajstić information content (AvgIpc) is 2.83. The minimum atomic E-state index is 0.00192. The molecule has 0 bridgehead atoms. The number of rotatable bonds is 4. The van der Waals surface area contributed by atoms with Gasteiger partial charge >= 0.3 is 0 Å². The zero-order valence-electron chi connectivity index (χ0n) is 12.4. The van der Waals surface area contributed by atoms with Crippen molar-refractivity contribution in [1.82, 2.24) is 5.32 Å². The first-order valence-electron chi connectivity index (χ1n) is 7.14. The maximum Gasteiger partial charge on any atom is 0.0677 e. The molecule has 0 aromatic rings. The van der Waals surface area contributed by atoms with Crippen molar-refractivity contribution < 1.29 is 4.74 Å². The van der Waals surface area contributed by atoms with Crippen molar-refractivity contribution in [2.24, 2.45) is 11.3 Å². The molecule has 100 valence electrons. The molecule has 1 heterocycles. The van der Waals surface area contributed by atoms with Crippen molar-refractivity contribution in [3.63, 3.8) is 0 Å². The lowest BCUT2D eigenvalue weighted by Crippen LogP contribution is -2.48. The smallest absolute Gasteiger partial charge is 0.0677 e. The SMILES string of the molecule is CCNC(C1CC(C)(C)OC1(C)C)C1(C)CC1. The van der Waals surface area contributed by atoms with Gasteiger partial charge in [0.1, 0.15) is 0 Å². The monoisotopic (exact) mass is 239 g/mol. The Morgan fingerprint density at radius 3 is 2.12 bits per heavy atom. The predicted molar refractivity (Wildman–Crippen MR) is 72.2 cm³/mol. The summed E-state index contributed by atoms with van der Waals surface area (Å²) < 4.78 is 6.26. The van der Waals surface area contributed by atoms with Crippen LogP contribution in [0.2, 0.25) is 0 Å². The van der Waals surface area contributed by atoms with Crippen LogP contribution in [0.5, 0.6) is 0 Å². The van der Waals surface area contributed by atoms with Crippen molar-refractivity contribution in [2.45, 2.75) is 78.0 Å². The summed E-state index contributed by atoms with van der Waals surface area (Å²) in [6.45, 7) is 14.7. The molecule has 17 heavy (non-hydrogen) atoms. The van der Waals surface area contributed by atoms with Crippen LogP contribution in [0.15, 0.2) is 0 Å². The molecule has 1 aliphatic heterocycles. The van der Waals surface area contributed by atoms with Crippen LogP contribution in [0.4, 0.5) is 0 Å².